The number of hydrogen-bond acceptors (Lipinski definition) is 2. The average Bonchev–Trinajstić information content (AvgIpc) is 1.65. The third-order valence-electron chi connectivity index (χ3n) is 0.158. The first-order valence-corrected chi connectivity index (χ1v) is 11.9. The monoisotopic (exact) mass is 393 g/mol. The fraction of sp³-hybridized carbons (Fsp3) is 0.333. The molecule has 0 aliphatic heterocycles. The van der Waals surface area contributed by atoms with Gasteiger partial charge >= 0.3 is 53.1 Å². The molecule has 0 heterocycles. The predicted octanol–water partition coefficient (Wildman–Crippen LogP) is 1.49. The van der Waals surface area contributed by atoms with Gasteiger partial charge < -0.3 is 10.9 Å². The fourth-order valence-electron chi connectivity index (χ4n) is 0. The Bertz CT molecular complexity index is 108. The van der Waals surface area contributed by atoms with Gasteiger partial charge in [0.05, 0.1) is 0 Å². The molecular formula is C3H8I2N2OV. The first kappa shape index (κ1) is 12.8. The number of hydrogen-bond donors (Lipinski definition) is 2. The number of rotatable bonds is 0. The SMILES string of the molecule is C/C(N)=N/O.[CH2]=[V]([I])[I]. The molecule has 3 nitrogen and oxygen atoms in total. The number of nitrogens with two attached hydrogens (primary N) is 1. The van der Waals surface area contributed by atoms with Crippen molar-refractivity contribution in [1.82, 2.24) is 0 Å². The van der Waals surface area contributed by atoms with Crippen molar-refractivity contribution < 1.29 is 13.1 Å². The van der Waals surface area contributed by atoms with Gasteiger partial charge in [0.2, 0.25) is 0 Å². The standard InChI is InChI=1S/C2H6N2O.CH2.2HI.V/c1-2(3)4-5;;;;/h5H,1H3,(H2,3,4);1H2;2*1H;/q;;;;+2/p-2. The zero-order chi connectivity index (χ0) is 7.86. The van der Waals surface area contributed by atoms with Crippen molar-refractivity contribution in [3.63, 3.8) is 0 Å². The van der Waals surface area contributed by atoms with E-state index in [4.69, 9.17) is 10.9 Å². The van der Waals surface area contributed by atoms with E-state index in [-0.39, 0.29) is 5.84 Å². The first-order chi connectivity index (χ1) is 4.00. The molecule has 0 aromatic rings. The Morgan fingerprint density at radius 1 is 1.78 bits per heavy atom. The van der Waals surface area contributed by atoms with E-state index in [9.17, 15) is 0 Å². The molecule has 0 aromatic heterocycles. The summed E-state index contributed by atoms with van der Waals surface area (Å²) in [6, 6.07) is 0. The molecule has 9 heavy (non-hydrogen) atoms. The summed E-state index contributed by atoms with van der Waals surface area (Å²) in [4.78, 5) is 0. The van der Waals surface area contributed by atoms with Gasteiger partial charge in [0.25, 0.3) is 0 Å². The second-order valence-corrected chi connectivity index (χ2v) is 19.2. The third-order valence-corrected chi connectivity index (χ3v) is 0.158. The van der Waals surface area contributed by atoms with Crippen molar-refractivity contribution in [1.29, 1.82) is 0 Å². The van der Waals surface area contributed by atoms with E-state index in [1.54, 1.807) is 0 Å². The van der Waals surface area contributed by atoms with Crippen LogP contribution in [-0.4, -0.2) is 16.3 Å². The molecule has 0 amide bonds. The zero-order valence-electron chi connectivity index (χ0n) is 4.88. The number of amidine groups is 1. The zero-order valence-corrected chi connectivity index (χ0v) is 10.6. The molecule has 0 radical (unpaired) electrons. The van der Waals surface area contributed by atoms with E-state index in [2.05, 4.69) is 50.3 Å². The van der Waals surface area contributed by atoms with Crippen molar-refractivity contribution in [2.24, 2.45) is 10.9 Å². The molecule has 0 bridgehead atoms. The van der Waals surface area contributed by atoms with Gasteiger partial charge in [0.1, 0.15) is 5.84 Å². The third kappa shape index (κ3) is 46.7. The van der Waals surface area contributed by atoms with E-state index < -0.39 is 7.89 Å². The van der Waals surface area contributed by atoms with Gasteiger partial charge in [-0.15, -0.1) is 0 Å². The number of nitrogens with zero attached hydrogens (tertiary/aromatic N) is 1. The van der Waals surface area contributed by atoms with E-state index in [0.717, 1.165) is 0 Å². The molecule has 0 unspecified atom stereocenters. The summed E-state index contributed by atoms with van der Waals surface area (Å²) < 4.78 is 0. The molecule has 0 spiro atoms. The summed E-state index contributed by atoms with van der Waals surface area (Å²) in [5.74, 6) is 0.185. The van der Waals surface area contributed by atoms with Crippen molar-refractivity contribution >= 4 is 51.0 Å². The first-order valence-electron chi connectivity index (χ1n) is 1.87. The Balaban J connectivity index is 0. The topological polar surface area (TPSA) is 58.6 Å². The molecule has 0 saturated heterocycles. The minimum absolute atomic E-state index is 0.185. The second kappa shape index (κ2) is 9.18. The van der Waals surface area contributed by atoms with E-state index in [1.807, 2.05) is 0 Å². The number of oxime groups is 1. The van der Waals surface area contributed by atoms with Crippen LogP contribution in [0, 0.1) is 0 Å². The van der Waals surface area contributed by atoms with Crippen molar-refractivity contribution in [2.45, 2.75) is 6.92 Å². The summed E-state index contributed by atoms with van der Waals surface area (Å²) in [7, 11) is -0.498. The van der Waals surface area contributed by atoms with Crippen LogP contribution in [0.3, 0.4) is 0 Å². The molecule has 3 N–H and O–H groups in total. The molecule has 55 valence electrons. The Hall–Kier alpha value is 1.18. The van der Waals surface area contributed by atoms with Crippen LogP contribution in [0.15, 0.2) is 5.16 Å². The van der Waals surface area contributed by atoms with Crippen LogP contribution in [0.1, 0.15) is 6.92 Å². The summed E-state index contributed by atoms with van der Waals surface area (Å²) in [6.07, 6.45) is 0. The van der Waals surface area contributed by atoms with Gasteiger partial charge in [0, 0.05) is 0 Å². The van der Waals surface area contributed by atoms with E-state index in [0.29, 0.717) is 0 Å². The Kier molecular flexibility index (Phi) is 13.1. The minimum atomic E-state index is -0.498. The van der Waals surface area contributed by atoms with Gasteiger partial charge in [-0.05, 0) is 6.92 Å². The Morgan fingerprint density at radius 3 is 1.89 bits per heavy atom. The molecule has 0 rings (SSSR count). The molecule has 0 saturated carbocycles. The maximum absolute atomic E-state index is 7.61. The van der Waals surface area contributed by atoms with Gasteiger partial charge in [0.15, 0.2) is 0 Å². The number of halogens is 2. The molecule has 0 fully saturated rings. The molecule has 0 aliphatic carbocycles. The Morgan fingerprint density at radius 2 is 1.89 bits per heavy atom. The molecule has 6 heteroatoms. The van der Waals surface area contributed by atoms with Gasteiger partial charge in [-0.3, -0.25) is 0 Å². The molecular weight excluding hydrogens is 385 g/mol. The van der Waals surface area contributed by atoms with Crippen LogP contribution < -0.4 is 5.73 Å². The summed E-state index contributed by atoms with van der Waals surface area (Å²) in [6.45, 7) is 1.50. The van der Waals surface area contributed by atoms with Crippen LogP contribution in [0.4, 0.5) is 0 Å². The normalized spacial score (nSPS) is 9.44. The second-order valence-electron chi connectivity index (χ2n) is 1.04. The average molecular weight is 393 g/mol. The van der Waals surface area contributed by atoms with Crippen LogP contribution in [0.25, 0.3) is 0 Å². The van der Waals surface area contributed by atoms with Crippen LogP contribution in [0.2, 0.25) is 0 Å². The molecule has 0 aromatic carbocycles. The van der Waals surface area contributed by atoms with E-state index >= 15 is 0 Å². The van der Waals surface area contributed by atoms with Crippen LogP contribution in [0.5, 0.6) is 0 Å². The predicted molar refractivity (Wildman–Crippen MR) is 54.2 cm³/mol. The summed E-state index contributed by atoms with van der Waals surface area (Å²) >= 11 is 4.73. The summed E-state index contributed by atoms with van der Waals surface area (Å²) in [5, 5.41) is 13.9. The van der Waals surface area contributed by atoms with Crippen molar-refractivity contribution in [2.75, 3.05) is 0 Å². The summed E-state index contributed by atoms with van der Waals surface area (Å²) in [5.41, 5.74) is 4.79. The Labute approximate surface area is 80.9 Å². The molecule has 0 aliphatic rings. The fourth-order valence-corrected chi connectivity index (χ4v) is 0. The van der Waals surface area contributed by atoms with Crippen LogP contribution in [-0.2, 0) is 7.89 Å². The maximum atomic E-state index is 7.61. The van der Waals surface area contributed by atoms with Gasteiger partial charge in [-0.25, -0.2) is 0 Å². The molecule has 0 atom stereocenters. The van der Waals surface area contributed by atoms with Crippen LogP contribution >= 0.6 is 40.0 Å². The van der Waals surface area contributed by atoms with Gasteiger partial charge in [-0.2, -0.15) is 0 Å². The quantitative estimate of drug-likeness (QED) is 0.216. The van der Waals surface area contributed by atoms with Gasteiger partial charge in [-0.1, -0.05) is 5.16 Å². The van der Waals surface area contributed by atoms with E-state index in [1.165, 1.54) is 6.92 Å². The van der Waals surface area contributed by atoms with Crippen molar-refractivity contribution in [3.8, 4) is 0 Å². The van der Waals surface area contributed by atoms with Crippen molar-refractivity contribution in [3.05, 3.63) is 0 Å².